The molecule has 1 rings (SSSR count). The average Bonchev–Trinajstić information content (AvgIpc) is 2.19. The minimum atomic E-state index is 0.257. The molecule has 1 heterocycles. The Morgan fingerprint density at radius 2 is 2.00 bits per heavy atom. The summed E-state index contributed by atoms with van der Waals surface area (Å²) in [4.78, 5) is 8.03. The maximum atomic E-state index is 5.58. The van der Waals surface area contributed by atoms with Crippen molar-refractivity contribution in [1.29, 1.82) is 0 Å². The summed E-state index contributed by atoms with van der Waals surface area (Å²) in [5.74, 6) is 0. The van der Waals surface area contributed by atoms with Crippen LogP contribution < -0.4 is 4.74 Å². The molecule has 0 aliphatic heterocycles. The van der Waals surface area contributed by atoms with Crippen LogP contribution in [-0.2, 0) is 0 Å². The third kappa shape index (κ3) is 3.40. The van der Waals surface area contributed by atoms with Crippen LogP contribution in [0.1, 0.15) is 33.1 Å². The topological polar surface area (TPSA) is 35.0 Å². The van der Waals surface area contributed by atoms with E-state index in [2.05, 4.69) is 23.8 Å². The highest BCUT2D eigenvalue weighted by Crippen LogP contribution is 2.09. The number of hydrogen-bond acceptors (Lipinski definition) is 3. The Balaban J connectivity index is 2.46. The summed E-state index contributed by atoms with van der Waals surface area (Å²) in [5.41, 5.74) is 0. The minimum Gasteiger partial charge on any atom is -0.460 e. The molecular weight excluding hydrogens is 164 g/mol. The van der Waals surface area contributed by atoms with Crippen LogP contribution in [0.25, 0.3) is 0 Å². The molecule has 3 nitrogen and oxygen atoms in total. The zero-order valence-corrected chi connectivity index (χ0v) is 8.23. The third-order valence-corrected chi connectivity index (χ3v) is 1.88. The van der Waals surface area contributed by atoms with Gasteiger partial charge < -0.3 is 4.74 Å². The number of ether oxygens (including phenoxy) is 1. The van der Waals surface area contributed by atoms with Crippen molar-refractivity contribution < 1.29 is 4.74 Å². The first-order chi connectivity index (χ1) is 6.36. The fourth-order valence-electron chi connectivity index (χ4n) is 1.16. The maximum Gasteiger partial charge on any atom is 0.316 e. The molecule has 0 radical (unpaired) electrons. The Kier molecular flexibility index (Phi) is 4.23. The summed E-state index contributed by atoms with van der Waals surface area (Å²) in [6.45, 7) is 4.27. The minimum absolute atomic E-state index is 0.257. The zero-order chi connectivity index (χ0) is 9.52. The number of rotatable bonds is 5. The van der Waals surface area contributed by atoms with Crippen molar-refractivity contribution in [2.45, 2.75) is 39.2 Å². The first kappa shape index (κ1) is 9.96. The smallest absolute Gasteiger partial charge is 0.316 e. The second kappa shape index (κ2) is 5.51. The van der Waals surface area contributed by atoms with Gasteiger partial charge in [-0.1, -0.05) is 20.3 Å². The lowest BCUT2D eigenvalue weighted by Gasteiger charge is -2.14. The molecule has 1 unspecified atom stereocenters. The van der Waals surface area contributed by atoms with E-state index in [9.17, 15) is 0 Å². The summed E-state index contributed by atoms with van der Waals surface area (Å²) >= 11 is 0. The summed E-state index contributed by atoms with van der Waals surface area (Å²) in [5, 5.41) is 0. The lowest BCUT2D eigenvalue weighted by molar-refractivity contribution is 0.170. The monoisotopic (exact) mass is 180 g/mol. The van der Waals surface area contributed by atoms with Crippen LogP contribution >= 0.6 is 0 Å². The van der Waals surface area contributed by atoms with E-state index in [4.69, 9.17) is 4.74 Å². The van der Waals surface area contributed by atoms with E-state index in [-0.39, 0.29) is 6.10 Å². The molecule has 0 fully saturated rings. The van der Waals surface area contributed by atoms with E-state index in [1.54, 1.807) is 18.5 Å². The van der Waals surface area contributed by atoms with Crippen molar-refractivity contribution in [2.24, 2.45) is 0 Å². The molecule has 0 saturated carbocycles. The Labute approximate surface area is 79.2 Å². The molecule has 1 atom stereocenters. The second-order valence-electron chi connectivity index (χ2n) is 2.97. The molecule has 0 aliphatic carbocycles. The molecule has 72 valence electrons. The molecule has 0 bridgehead atoms. The number of nitrogens with zero attached hydrogens (tertiary/aromatic N) is 2. The zero-order valence-electron chi connectivity index (χ0n) is 8.23. The largest absolute Gasteiger partial charge is 0.460 e. The van der Waals surface area contributed by atoms with E-state index < -0.39 is 0 Å². The molecule has 0 amide bonds. The Hall–Kier alpha value is -1.12. The van der Waals surface area contributed by atoms with Gasteiger partial charge in [0.25, 0.3) is 0 Å². The fourth-order valence-corrected chi connectivity index (χ4v) is 1.16. The van der Waals surface area contributed by atoms with Crippen LogP contribution in [0.4, 0.5) is 0 Å². The van der Waals surface area contributed by atoms with Gasteiger partial charge in [-0.2, -0.15) is 0 Å². The van der Waals surface area contributed by atoms with Crippen molar-refractivity contribution >= 4 is 0 Å². The van der Waals surface area contributed by atoms with Crippen LogP contribution in [0.2, 0.25) is 0 Å². The highest BCUT2D eigenvalue weighted by Gasteiger charge is 2.07. The quantitative estimate of drug-likeness (QED) is 0.698. The highest BCUT2D eigenvalue weighted by atomic mass is 16.5. The normalized spacial score (nSPS) is 12.5. The van der Waals surface area contributed by atoms with Crippen LogP contribution in [-0.4, -0.2) is 16.1 Å². The Morgan fingerprint density at radius 3 is 2.54 bits per heavy atom. The van der Waals surface area contributed by atoms with E-state index in [1.807, 2.05) is 0 Å². The van der Waals surface area contributed by atoms with Gasteiger partial charge in [-0.05, 0) is 18.9 Å². The summed E-state index contributed by atoms with van der Waals surface area (Å²) in [6, 6.07) is 2.27. The Bertz CT molecular complexity index is 226. The third-order valence-electron chi connectivity index (χ3n) is 1.88. The first-order valence-corrected chi connectivity index (χ1v) is 4.80. The van der Waals surface area contributed by atoms with Crippen molar-refractivity contribution in [2.75, 3.05) is 0 Å². The van der Waals surface area contributed by atoms with Gasteiger partial charge in [-0.15, -0.1) is 0 Å². The number of hydrogen-bond donors (Lipinski definition) is 0. The fraction of sp³-hybridized carbons (Fsp3) is 0.600. The predicted octanol–water partition coefficient (Wildman–Crippen LogP) is 2.43. The SMILES string of the molecule is CCCC(CC)Oc1ncccn1. The molecule has 0 saturated heterocycles. The second-order valence-corrected chi connectivity index (χ2v) is 2.97. The molecule has 0 spiro atoms. The molecular formula is C10H16N2O. The lowest BCUT2D eigenvalue weighted by Crippen LogP contribution is -2.16. The van der Waals surface area contributed by atoms with Gasteiger partial charge in [-0.3, -0.25) is 0 Å². The van der Waals surface area contributed by atoms with Gasteiger partial charge in [0.15, 0.2) is 0 Å². The summed E-state index contributed by atoms with van der Waals surface area (Å²) < 4.78 is 5.58. The predicted molar refractivity (Wildman–Crippen MR) is 51.6 cm³/mol. The molecule has 0 aliphatic rings. The number of aromatic nitrogens is 2. The van der Waals surface area contributed by atoms with E-state index in [0.717, 1.165) is 19.3 Å². The van der Waals surface area contributed by atoms with E-state index in [0.29, 0.717) is 6.01 Å². The highest BCUT2D eigenvalue weighted by molar-refractivity contribution is 4.94. The maximum absolute atomic E-state index is 5.58. The summed E-state index contributed by atoms with van der Waals surface area (Å²) in [6.07, 6.45) is 6.85. The van der Waals surface area contributed by atoms with Gasteiger partial charge >= 0.3 is 6.01 Å². The molecule has 3 heteroatoms. The van der Waals surface area contributed by atoms with Gasteiger partial charge in [0.2, 0.25) is 0 Å². The Morgan fingerprint density at radius 1 is 1.31 bits per heavy atom. The van der Waals surface area contributed by atoms with Gasteiger partial charge in [0.05, 0.1) is 0 Å². The van der Waals surface area contributed by atoms with Gasteiger partial charge in [-0.25, -0.2) is 9.97 Å². The van der Waals surface area contributed by atoms with Crippen LogP contribution in [0.5, 0.6) is 6.01 Å². The first-order valence-electron chi connectivity index (χ1n) is 4.80. The van der Waals surface area contributed by atoms with Gasteiger partial charge in [0.1, 0.15) is 6.10 Å². The van der Waals surface area contributed by atoms with Crippen LogP contribution in [0.15, 0.2) is 18.5 Å². The van der Waals surface area contributed by atoms with Crippen LogP contribution in [0, 0.1) is 0 Å². The van der Waals surface area contributed by atoms with Gasteiger partial charge in [0, 0.05) is 12.4 Å². The molecule has 13 heavy (non-hydrogen) atoms. The average molecular weight is 180 g/mol. The molecule has 0 N–H and O–H groups in total. The summed E-state index contributed by atoms with van der Waals surface area (Å²) in [7, 11) is 0. The molecule has 0 aromatic carbocycles. The van der Waals surface area contributed by atoms with Crippen molar-refractivity contribution in [3.8, 4) is 6.01 Å². The van der Waals surface area contributed by atoms with Crippen molar-refractivity contribution in [3.63, 3.8) is 0 Å². The molecule has 1 aromatic rings. The lowest BCUT2D eigenvalue weighted by atomic mass is 10.2. The standard InChI is InChI=1S/C10H16N2O/c1-3-6-9(4-2)13-10-11-7-5-8-12-10/h5,7-9H,3-4,6H2,1-2H3. The molecule has 1 aromatic heterocycles. The van der Waals surface area contributed by atoms with Crippen molar-refractivity contribution in [3.05, 3.63) is 18.5 Å². The van der Waals surface area contributed by atoms with E-state index >= 15 is 0 Å². The van der Waals surface area contributed by atoms with Crippen LogP contribution in [0.3, 0.4) is 0 Å². The van der Waals surface area contributed by atoms with Crippen molar-refractivity contribution in [1.82, 2.24) is 9.97 Å². The van der Waals surface area contributed by atoms with E-state index in [1.165, 1.54) is 0 Å².